The third-order valence-electron chi connectivity index (χ3n) is 5.07. The molecule has 126 valence electrons. The van der Waals surface area contributed by atoms with Crippen LogP contribution in [0.4, 0.5) is 0 Å². The zero-order valence-electron chi connectivity index (χ0n) is 13.8. The highest BCUT2D eigenvalue weighted by Gasteiger charge is 2.49. The van der Waals surface area contributed by atoms with E-state index < -0.39 is 5.41 Å². The second kappa shape index (κ2) is 6.31. The van der Waals surface area contributed by atoms with Gasteiger partial charge in [-0.2, -0.15) is 5.10 Å². The number of amides is 2. The molecule has 2 amide bonds. The molecule has 0 N–H and O–H groups in total. The molecule has 3 heterocycles. The first kappa shape index (κ1) is 16.0. The largest absolute Gasteiger partial charge is 0.383 e. The number of ether oxygens (including phenoxy) is 1. The van der Waals surface area contributed by atoms with E-state index in [4.69, 9.17) is 4.74 Å². The Kier molecular flexibility index (Phi) is 4.39. The van der Waals surface area contributed by atoms with Gasteiger partial charge in [0.25, 0.3) is 5.91 Å². The number of carbonyl (C=O) groups is 2. The Hall–Kier alpha value is -1.89. The fraction of sp³-hybridized carbons (Fsp3) is 0.688. The summed E-state index contributed by atoms with van der Waals surface area (Å²) in [6.45, 7) is 3.17. The van der Waals surface area contributed by atoms with E-state index in [0.717, 1.165) is 25.8 Å². The molecule has 1 spiro atoms. The highest BCUT2D eigenvalue weighted by molar-refractivity contribution is 5.93. The second-order valence-corrected chi connectivity index (χ2v) is 6.49. The van der Waals surface area contributed by atoms with Crippen LogP contribution in [0.15, 0.2) is 12.3 Å². The van der Waals surface area contributed by atoms with Gasteiger partial charge in [-0.25, -0.2) is 0 Å². The Morgan fingerprint density at radius 2 is 2.22 bits per heavy atom. The lowest BCUT2D eigenvalue weighted by molar-refractivity contribution is -0.138. The summed E-state index contributed by atoms with van der Waals surface area (Å²) in [5.41, 5.74) is 0.170. The summed E-state index contributed by atoms with van der Waals surface area (Å²) in [5, 5.41) is 4.06. The minimum absolute atomic E-state index is 0.0350. The topological polar surface area (TPSA) is 67.7 Å². The van der Waals surface area contributed by atoms with Crippen molar-refractivity contribution in [3.8, 4) is 0 Å². The van der Waals surface area contributed by atoms with Crippen molar-refractivity contribution in [2.24, 2.45) is 12.5 Å². The third kappa shape index (κ3) is 2.85. The number of piperidine rings is 1. The zero-order chi connectivity index (χ0) is 16.4. The summed E-state index contributed by atoms with van der Waals surface area (Å²) >= 11 is 0. The van der Waals surface area contributed by atoms with Crippen LogP contribution in [0.1, 0.15) is 29.8 Å². The predicted molar refractivity (Wildman–Crippen MR) is 83.9 cm³/mol. The molecule has 1 aromatic rings. The lowest BCUT2D eigenvalue weighted by Gasteiger charge is -2.39. The van der Waals surface area contributed by atoms with E-state index in [-0.39, 0.29) is 11.8 Å². The molecule has 2 fully saturated rings. The van der Waals surface area contributed by atoms with Crippen molar-refractivity contribution in [1.29, 1.82) is 0 Å². The lowest BCUT2D eigenvalue weighted by Crippen LogP contribution is -2.50. The van der Waals surface area contributed by atoms with Crippen LogP contribution < -0.4 is 0 Å². The molecule has 1 atom stereocenters. The molecule has 2 saturated heterocycles. The molecule has 0 saturated carbocycles. The van der Waals surface area contributed by atoms with Crippen molar-refractivity contribution in [3.05, 3.63) is 18.0 Å². The fourth-order valence-electron chi connectivity index (χ4n) is 3.74. The van der Waals surface area contributed by atoms with Crippen molar-refractivity contribution in [1.82, 2.24) is 19.6 Å². The smallest absolute Gasteiger partial charge is 0.272 e. The Balaban J connectivity index is 1.72. The molecule has 0 radical (unpaired) electrons. The van der Waals surface area contributed by atoms with Crippen LogP contribution in [0, 0.1) is 5.41 Å². The summed E-state index contributed by atoms with van der Waals surface area (Å²) in [4.78, 5) is 29.2. The van der Waals surface area contributed by atoms with Gasteiger partial charge in [-0.3, -0.25) is 14.3 Å². The number of likely N-dealkylation sites (tertiary alicyclic amines) is 2. The summed E-state index contributed by atoms with van der Waals surface area (Å²) in [6, 6.07) is 1.73. The molecule has 7 heteroatoms. The summed E-state index contributed by atoms with van der Waals surface area (Å²) < 4.78 is 6.67. The number of hydrogen-bond acceptors (Lipinski definition) is 4. The molecule has 0 bridgehead atoms. The number of hydrogen-bond donors (Lipinski definition) is 0. The Morgan fingerprint density at radius 3 is 2.91 bits per heavy atom. The van der Waals surface area contributed by atoms with Crippen LogP contribution in [-0.4, -0.2) is 71.3 Å². The van der Waals surface area contributed by atoms with E-state index in [2.05, 4.69) is 5.10 Å². The van der Waals surface area contributed by atoms with Crippen LogP contribution in [0.25, 0.3) is 0 Å². The molecule has 0 aliphatic carbocycles. The zero-order valence-corrected chi connectivity index (χ0v) is 13.8. The third-order valence-corrected chi connectivity index (χ3v) is 5.07. The monoisotopic (exact) mass is 320 g/mol. The van der Waals surface area contributed by atoms with E-state index in [1.165, 1.54) is 0 Å². The van der Waals surface area contributed by atoms with Gasteiger partial charge in [0.2, 0.25) is 5.91 Å². The van der Waals surface area contributed by atoms with Gasteiger partial charge in [-0.05, 0) is 25.3 Å². The number of rotatable bonds is 4. The normalized spacial score (nSPS) is 24.7. The van der Waals surface area contributed by atoms with Gasteiger partial charge in [-0.15, -0.1) is 0 Å². The van der Waals surface area contributed by atoms with Crippen molar-refractivity contribution >= 4 is 11.8 Å². The van der Waals surface area contributed by atoms with E-state index in [0.29, 0.717) is 31.9 Å². The molecule has 1 aromatic heterocycles. The maximum absolute atomic E-state index is 12.8. The number of aryl methyl sites for hydroxylation is 1. The van der Waals surface area contributed by atoms with Gasteiger partial charge < -0.3 is 14.5 Å². The van der Waals surface area contributed by atoms with Crippen molar-refractivity contribution in [3.63, 3.8) is 0 Å². The van der Waals surface area contributed by atoms with Crippen LogP contribution >= 0.6 is 0 Å². The highest BCUT2D eigenvalue weighted by Crippen LogP contribution is 2.40. The minimum Gasteiger partial charge on any atom is -0.383 e. The Morgan fingerprint density at radius 1 is 1.39 bits per heavy atom. The number of carbonyl (C=O) groups excluding carboxylic acids is 2. The van der Waals surface area contributed by atoms with E-state index >= 15 is 0 Å². The van der Waals surface area contributed by atoms with Gasteiger partial charge in [-0.1, -0.05) is 0 Å². The summed E-state index contributed by atoms with van der Waals surface area (Å²) in [5.74, 6) is 0.143. The van der Waals surface area contributed by atoms with E-state index in [1.54, 1.807) is 31.1 Å². The first-order valence-electron chi connectivity index (χ1n) is 8.13. The van der Waals surface area contributed by atoms with Gasteiger partial charge >= 0.3 is 0 Å². The SMILES string of the molecule is COCCN1CC[C@@]2(CCCN(C(=O)c3ccnn3C)C2)C1=O. The van der Waals surface area contributed by atoms with Gasteiger partial charge in [0, 0.05) is 46.5 Å². The fourth-order valence-corrected chi connectivity index (χ4v) is 3.74. The minimum atomic E-state index is -0.403. The maximum Gasteiger partial charge on any atom is 0.272 e. The molecule has 0 unspecified atom stereocenters. The summed E-state index contributed by atoms with van der Waals surface area (Å²) in [7, 11) is 3.41. The molecule has 3 rings (SSSR count). The second-order valence-electron chi connectivity index (χ2n) is 6.49. The highest BCUT2D eigenvalue weighted by atomic mass is 16.5. The number of nitrogens with zero attached hydrogens (tertiary/aromatic N) is 4. The first-order valence-corrected chi connectivity index (χ1v) is 8.13. The molecular formula is C16H24N4O3. The van der Waals surface area contributed by atoms with Crippen LogP contribution in [-0.2, 0) is 16.6 Å². The molecule has 2 aliphatic heterocycles. The van der Waals surface area contributed by atoms with Gasteiger partial charge in [0.1, 0.15) is 5.69 Å². The predicted octanol–water partition coefficient (Wildman–Crippen LogP) is 0.521. The van der Waals surface area contributed by atoms with Crippen LogP contribution in [0.2, 0.25) is 0 Å². The average molecular weight is 320 g/mol. The summed E-state index contributed by atoms with van der Waals surface area (Å²) in [6.07, 6.45) is 4.18. The quantitative estimate of drug-likeness (QED) is 0.811. The van der Waals surface area contributed by atoms with Gasteiger partial charge in [0.15, 0.2) is 0 Å². The number of aromatic nitrogens is 2. The average Bonchev–Trinajstić information content (AvgIpc) is 3.11. The standard InChI is InChI=1S/C16H24N4O3/c1-18-13(4-7-17-18)14(21)20-8-3-5-16(12-20)6-9-19(15(16)22)10-11-23-2/h4,7H,3,5-6,8-12H2,1-2H3/t16-/m1/s1. The first-order chi connectivity index (χ1) is 11.1. The maximum atomic E-state index is 12.8. The molecular weight excluding hydrogens is 296 g/mol. The van der Waals surface area contributed by atoms with Crippen LogP contribution in [0.3, 0.4) is 0 Å². The van der Waals surface area contributed by atoms with E-state index in [1.807, 2.05) is 9.80 Å². The van der Waals surface area contributed by atoms with E-state index in [9.17, 15) is 9.59 Å². The molecule has 7 nitrogen and oxygen atoms in total. The molecule has 23 heavy (non-hydrogen) atoms. The van der Waals surface area contributed by atoms with Crippen molar-refractivity contribution < 1.29 is 14.3 Å². The van der Waals surface area contributed by atoms with Gasteiger partial charge in [0.05, 0.1) is 12.0 Å². The lowest BCUT2D eigenvalue weighted by atomic mass is 9.78. The Labute approximate surface area is 136 Å². The Bertz CT molecular complexity index is 600. The molecule has 0 aromatic carbocycles. The van der Waals surface area contributed by atoms with Crippen molar-refractivity contribution in [2.45, 2.75) is 19.3 Å². The van der Waals surface area contributed by atoms with Crippen LogP contribution in [0.5, 0.6) is 0 Å². The number of methoxy groups -OCH3 is 1. The molecule has 2 aliphatic rings. The van der Waals surface area contributed by atoms with Crippen molar-refractivity contribution in [2.75, 3.05) is 39.9 Å².